The van der Waals surface area contributed by atoms with Crippen LogP contribution in [0.1, 0.15) is 17.1 Å². The number of rotatable bonds is 8. The van der Waals surface area contributed by atoms with Gasteiger partial charge in [-0.25, -0.2) is 24.5 Å². The van der Waals surface area contributed by atoms with Crippen LogP contribution in [0, 0.1) is 12.8 Å². The monoisotopic (exact) mass is 477 g/mol. The molecule has 4 aromatic heterocycles. The zero-order valence-electron chi connectivity index (χ0n) is 20.0. The number of hydrogen-bond donors (Lipinski definition) is 3. The van der Waals surface area contributed by atoms with Gasteiger partial charge in [-0.1, -0.05) is 18.2 Å². The first-order valence-corrected chi connectivity index (χ1v) is 12.1. The van der Waals surface area contributed by atoms with Crippen molar-refractivity contribution >= 4 is 22.8 Å². The summed E-state index contributed by atoms with van der Waals surface area (Å²) in [6.45, 7) is 5.16. The summed E-state index contributed by atoms with van der Waals surface area (Å²) in [6, 6.07) is 20.1. The molecule has 1 aromatic carbocycles. The van der Waals surface area contributed by atoms with Gasteiger partial charge in [-0.15, -0.1) is 5.10 Å². The zero-order valence-corrected chi connectivity index (χ0v) is 20.0. The van der Waals surface area contributed by atoms with E-state index in [9.17, 15) is 0 Å². The van der Waals surface area contributed by atoms with Crippen molar-refractivity contribution in [3.8, 4) is 11.5 Å². The van der Waals surface area contributed by atoms with E-state index in [-0.39, 0.29) is 0 Å². The highest BCUT2D eigenvalue weighted by Gasteiger charge is 2.16. The van der Waals surface area contributed by atoms with Gasteiger partial charge in [0.25, 0.3) is 0 Å². The molecule has 9 nitrogen and oxygen atoms in total. The Hall–Kier alpha value is -4.37. The standard InChI is InChI=1S/C27H27N9/c1-18-4-2-5-22(31-18)26-34-27(23-6-3-13-36(23)35-26)33-24-11-12-29-25(32-24)14-19-7-9-21(10-8-19)30-17-20-15-28-16-20/h2-13,20,28,30H,14-17H2,1H3,(H,29,32,33,34,35). The van der Waals surface area contributed by atoms with E-state index in [4.69, 9.17) is 9.97 Å². The maximum atomic E-state index is 4.77. The molecule has 6 rings (SSSR count). The lowest BCUT2D eigenvalue weighted by atomic mass is 10.0. The molecule has 0 unspecified atom stereocenters. The van der Waals surface area contributed by atoms with Crippen LogP contribution >= 0.6 is 0 Å². The van der Waals surface area contributed by atoms with Gasteiger partial charge in [0.1, 0.15) is 22.9 Å². The van der Waals surface area contributed by atoms with Crippen LogP contribution < -0.4 is 16.0 Å². The molecule has 180 valence electrons. The second-order valence-corrected chi connectivity index (χ2v) is 9.05. The number of nitrogens with one attached hydrogen (secondary N) is 3. The summed E-state index contributed by atoms with van der Waals surface area (Å²) in [5.41, 5.74) is 4.79. The molecule has 0 bridgehead atoms. The van der Waals surface area contributed by atoms with Gasteiger partial charge < -0.3 is 16.0 Å². The quantitative estimate of drug-likeness (QED) is 0.310. The highest BCUT2D eigenvalue weighted by atomic mass is 15.3. The largest absolute Gasteiger partial charge is 0.385 e. The predicted octanol–water partition coefficient (Wildman–Crippen LogP) is 3.86. The summed E-state index contributed by atoms with van der Waals surface area (Å²) in [5, 5.41) is 14.8. The summed E-state index contributed by atoms with van der Waals surface area (Å²) in [6.07, 6.45) is 4.31. The molecular formula is C27H27N9. The number of aromatic nitrogens is 6. The van der Waals surface area contributed by atoms with Crippen molar-refractivity contribution in [1.29, 1.82) is 0 Å². The number of benzene rings is 1. The van der Waals surface area contributed by atoms with Crippen LogP contribution in [-0.4, -0.2) is 49.2 Å². The Morgan fingerprint density at radius 1 is 0.972 bits per heavy atom. The van der Waals surface area contributed by atoms with Crippen molar-refractivity contribution in [3.05, 3.63) is 90.1 Å². The van der Waals surface area contributed by atoms with Crippen LogP contribution in [0.4, 0.5) is 17.3 Å². The fourth-order valence-corrected chi connectivity index (χ4v) is 4.16. The first kappa shape index (κ1) is 22.1. The summed E-state index contributed by atoms with van der Waals surface area (Å²) in [7, 11) is 0. The minimum atomic E-state index is 0.543. The molecule has 0 atom stereocenters. The fraction of sp³-hybridized carbons (Fsp3) is 0.222. The van der Waals surface area contributed by atoms with E-state index < -0.39 is 0 Å². The van der Waals surface area contributed by atoms with Crippen molar-refractivity contribution in [2.45, 2.75) is 13.3 Å². The highest BCUT2D eigenvalue weighted by molar-refractivity contribution is 5.73. The van der Waals surface area contributed by atoms with E-state index in [1.165, 1.54) is 0 Å². The Kier molecular flexibility index (Phi) is 5.96. The average Bonchev–Trinajstić information content (AvgIpc) is 3.34. The third-order valence-corrected chi connectivity index (χ3v) is 6.24. The third-order valence-electron chi connectivity index (χ3n) is 6.24. The summed E-state index contributed by atoms with van der Waals surface area (Å²) in [5.74, 6) is 3.34. The number of anilines is 3. The van der Waals surface area contributed by atoms with Gasteiger partial charge in [0.15, 0.2) is 5.82 Å². The van der Waals surface area contributed by atoms with Crippen molar-refractivity contribution < 1.29 is 0 Å². The summed E-state index contributed by atoms with van der Waals surface area (Å²) >= 11 is 0. The lowest BCUT2D eigenvalue weighted by Crippen LogP contribution is -2.45. The van der Waals surface area contributed by atoms with E-state index in [0.29, 0.717) is 23.9 Å². The van der Waals surface area contributed by atoms with Crippen LogP contribution in [0.2, 0.25) is 0 Å². The van der Waals surface area contributed by atoms with E-state index >= 15 is 0 Å². The Bertz CT molecular complexity index is 1490. The summed E-state index contributed by atoms with van der Waals surface area (Å²) < 4.78 is 1.80. The minimum absolute atomic E-state index is 0.543. The SMILES string of the molecule is Cc1cccc(-c2nc(Nc3ccnc(Cc4ccc(NCC5CNC5)cc4)n3)c3cccn3n2)n1. The van der Waals surface area contributed by atoms with Crippen molar-refractivity contribution in [2.75, 3.05) is 30.3 Å². The Morgan fingerprint density at radius 2 is 1.86 bits per heavy atom. The molecule has 5 aromatic rings. The zero-order chi connectivity index (χ0) is 24.3. The molecule has 0 radical (unpaired) electrons. The Labute approximate surface area is 209 Å². The van der Waals surface area contributed by atoms with Gasteiger partial charge >= 0.3 is 0 Å². The topological polar surface area (TPSA) is 105 Å². The maximum Gasteiger partial charge on any atom is 0.200 e. The van der Waals surface area contributed by atoms with Crippen molar-refractivity contribution in [3.63, 3.8) is 0 Å². The second-order valence-electron chi connectivity index (χ2n) is 9.05. The molecule has 3 N–H and O–H groups in total. The van der Waals surface area contributed by atoms with Gasteiger partial charge in [-0.05, 0) is 55.0 Å². The molecule has 9 heteroatoms. The smallest absolute Gasteiger partial charge is 0.200 e. The van der Waals surface area contributed by atoms with Crippen molar-refractivity contribution in [1.82, 2.24) is 34.9 Å². The van der Waals surface area contributed by atoms with Crippen LogP contribution in [0.5, 0.6) is 0 Å². The molecule has 1 aliphatic heterocycles. The molecule has 1 saturated heterocycles. The number of fused-ring (bicyclic) bond motifs is 1. The van der Waals surface area contributed by atoms with Crippen LogP contribution in [0.15, 0.2) is 73.1 Å². The van der Waals surface area contributed by atoms with E-state index in [2.05, 4.69) is 55.3 Å². The third kappa shape index (κ3) is 4.87. The highest BCUT2D eigenvalue weighted by Crippen LogP contribution is 2.23. The average molecular weight is 478 g/mol. The number of aryl methyl sites for hydroxylation is 1. The maximum absolute atomic E-state index is 4.77. The molecule has 0 spiro atoms. The van der Waals surface area contributed by atoms with Crippen LogP contribution in [-0.2, 0) is 6.42 Å². The molecule has 1 fully saturated rings. The lowest BCUT2D eigenvalue weighted by Gasteiger charge is -2.27. The second kappa shape index (κ2) is 9.71. The van der Waals surface area contributed by atoms with E-state index in [1.54, 1.807) is 10.7 Å². The van der Waals surface area contributed by atoms with Gasteiger partial charge in [-0.3, -0.25) is 0 Å². The molecule has 0 amide bonds. The summed E-state index contributed by atoms with van der Waals surface area (Å²) in [4.78, 5) is 18.6. The Balaban J connectivity index is 1.20. The predicted molar refractivity (Wildman–Crippen MR) is 140 cm³/mol. The minimum Gasteiger partial charge on any atom is -0.385 e. The van der Waals surface area contributed by atoms with Gasteiger partial charge in [0.2, 0.25) is 5.82 Å². The number of hydrogen-bond acceptors (Lipinski definition) is 8. The first-order chi connectivity index (χ1) is 17.7. The van der Waals surface area contributed by atoms with E-state index in [0.717, 1.165) is 59.5 Å². The van der Waals surface area contributed by atoms with Crippen molar-refractivity contribution in [2.24, 2.45) is 5.92 Å². The molecule has 0 saturated carbocycles. The molecule has 1 aliphatic rings. The lowest BCUT2D eigenvalue weighted by molar-refractivity contribution is 0.365. The fourth-order valence-electron chi connectivity index (χ4n) is 4.16. The van der Waals surface area contributed by atoms with Crippen LogP contribution in [0.25, 0.3) is 17.0 Å². The Morgan fingerprint density at radius 3 is 2.67 bits per heavy atom. The molecule has 5 heterocycles. The van der Waals surface area contributed by atoms with Gasteiger partial charge in [0.05, 0.1) is 0 Å². The molecule has 0 aliphatic carbocycles. The van der Waals surface area contributed by atoms with Gasteiger partial charge in [0, 0.05) is 55.7 Å². The normalized spacial score (nSPS) is 13.5. The van der Waals surface area contributed by atoms with E-state index in [1.807, 2.05) is 49.5 Å². The molecule has 36 heavy (non-hydrogen) atoms. The van der Waals surface area contributed by atoms with Crippen LogP contribution in [0.3, 0.4) is 0 Å². The number of pyridine rings is 1. The first-order valence-electron chi connectivity index (χ1n) is 12.1. The number of nitrogens with zero attached hydrogens (tertiary/aromatic N) is 6. The molecular weight excluding hydrogens is 450 g/mol. The van der Waals surface area contributed by atoms with Gasteiger partial charge in [-0.2, -0.15) is 0 Å².